The summed E-state index contributed by atoms with van der Waals surface area (Å²) in [6, 6.07) is 4.75. The number of fused-ring (bicyclic) bond motifs is 1. The maximum absolute atomic E-state index is 12.3. The third kappa shape index (κ3) is 3.28. The van der Waals surface area contributed by atoms with E-state index in [-0.39, 0.29) is 30.2 Å². The minimum Gasteiger partial charge on any atom is -0.424 e. The van der Waals surface area contributed by atoms with E-state index >= 15 is 0 Å². The zero-order valence-corrected chi connectivity index (χ0v) is 14.6. The van der Waals surface area contributed by atoms with Gasteiger partial charge in [-0.1, -0.05) is 24.4 Å². The molecule has 1 saturated heterocycles. The zero-order valence-electron chi connectivity index (χ0n) is 12.3. The highest BCUT2D eigenvalue weighted by Crippen LogP contribution is 2.38. The Morgan fingerprint density at radius 1 is 1.22 bits per heavy atom. The summed E-state index contributed by atoms with van der Waals surface area (Å²) in [5.74, 6) is -1.35. The quantitative estimate of drug-likeness (QED) is 0.444. The Morgan fingerprint density at radius 3 is 2.39 bits per heavy atom. The van der Waals surface area contributed by atoms with Crippen LogP contribution in [-0.4, -0.2) is 29.2 Å². The first-order chi connectivity index (χ1) is 11.0. The summed E-state index contributed by atoms with van der Waals surface area (Å²) < 4.78 is 5.75. The van der Waals surface area contributed by atoms with E-state index in [2.05, 4.69) is 15.9 Å². The number of nitrogens with zero attached hydrogens (tertiary/aromatic N) is 1. The number of hydrogen-bond acceptors (Lipinski definition) is 4. The number of hydrogen-bond donors (Lipinski definition) is 0. The minimum atomic E-state index is -0.645. The van der Waals surface area contributed by atoms with E-state index in [0.717, 1.165) is 30.6 Å². The Kier molecular flexibility index (Phi) is 4.73. The summed E-state index contributed by atoms with van der Waals surface area (Å²) in [6.45, 7) is -0.347. The molecule has 0 N–H and O–H groups in total. The maximum atomic E-state index is 12.3. The lowest BCUT2D eigenvalue weighted by Crippen LogP contribution is -2.37. The molecule has 2 amide bonds. The normalized spacial score (nSPS) is 23.8. The summed E-state index contributed by atoms with van der Waals surface area (Å²) >= 11 is 9.08. The highest BCUT2D eigenvalue weighted by atomic mass is 79.9. The van der Waals surface area contributed by atoms with Gasteiger partial charge in [0.15, 0.2) is 0 Å². The minimum absolute atomic E-state index is 0.244. The molecule has 2 aliphatic rings. The Labute approximate surface area is 147 Å². The molecule has 2 atom stereocenters. The number of likely N-dealkylation sites (tertiary alicyclic amines) is 1. The molecule has 1 heterocycles. The molecule has 0 spiro atoms. The van der Waals surface area contributed by atoms with Gasteiger partial charge in [0.05, 0.1) is 16.3 Å². The molecule has 1 aromatic rings. The van der Waals surface area contributed by atoms with Crippen molar-refractivity contribution in [3.8, 4) is 5.75 Å². The fourth-order valence-electron chi connectivity index (χ4n) is 3.23. The molecule has 23 heavy (non-hydrogen) atoms. The predicted octanol–water partition coefficient (Wildman–Crippen LogP) is 3.18. The van der Waals surface area contributed by atoms with E-state index in [4.69, 9.17) is 16.3 Å². The number of carbonyl (C=O) groups is 3. The lowest BCUT2D eigenvalue weighted by Gasteiger charge is -2.19. The molecule has 2 unspecified atom stereocenters. The van der Waals surface area contributed by atoms with E-state index in [1.54, 1.807) is 18.2 Å². The van der Waals surface area contributed by atoms with E-state index in [1.807, 2.05) is 0 Å². The molecule has 1 aliphatic carbocycles. The van der Waals surface area contributed by atoms with Gasteiger partial charge in [-0.3, -0.25) is 14.5 Å². The molecule has 122 valence electrons. The Balaban J connectivity index is 1.68. The molecule has 2 fully saturated rings. The molecular weight excluding hydrogens is 386 g/mol. The van der Waals surface area contributed by atoms with E-state index < -0.39 is 5.97 Å². The third-order valence-electron chi connectivity index (χ3n) is 4.34. The van der Waals surface area contributed by atoms with Crippen molar-refractivity contribution in [3.05, 3.63) is 27.7 Å². The second kappa shape index (κ2) is 6.61. The van der Waals surface area contributed by atoms with Gasteiger partial charge in [0, 0.05) is 5.02 Å². The lowest BCUT2D eigenvalue weighted by atomic mass is 9.81. The Bertz CT molecular complexity index is 654. The highest BCUT2D eigenvalue weighted by molar-refractivity contribution is 9.10. The van der Waals surface area contributed by atoms with Crippen molar-refractivity contribution in [3.63, 3.8) is 0 Å². The molecule has 1 saturated carbocycles. The number of esters is 1. The predicted molar refractivity (Wildman–Crippen MR) is 87.0 cm³/mol. The summed E-state index contributed by atoms with van der Waals surface area (Å²) in [6.07, 6.45) is 3.36. The number of benzene rings is 1. The summed E-state index contributed by atoms with van der Waals surface area (Å²) in [4.78, 5) is 37.8. The van der Waals surface area contributed by atoms with E-state index in [0.29, 0.717) is 15.2 Å². The smallest absolute Gasteiger partial charge is 0.331 e. The van der Waals surface area contributed by atoms with Gasteiger partial charge < -0.3 is 4.74 Å². The maximum Gasteiger partial charge on any atom is 0.331 e. The van der Waals surface area contributed by atoms with Crippen LogP contribution in [0.3, 0.4) is 0 Å². The average molecular weight is 401 g/mol. The molecule has 3 rings (SSSR count). The lowest BCUT2D eigenvalue weighted by molar-refractivity contribution is -0.148. The third-order valence-corrected chi connectivity index (χ3v) is 5.19. The first-order valence-corrected chi connectivity index (χ1v) is 8.65. The Morgan fingerprint density at radius 2 is 1.83 bits per heavy atom. The standard InChI is InChI=1S/C16H15BrClNO4/c17-12-7-9(18)5-6-13(12)23-14(20)8-19-15(21)10-3-1-2-4-11(10)16(19)22/h5-7,10-11H,1-4,8H2. The van der Waals surface area contributed by atoms with Crippen molar-refractivity contribution in [1.29, 1.82) is 0 Å². The fourth-order valence-corrected chi connectivity index (χ4v) is 3.99. The number of rotatable bonds is 3. The zero-order chi connectivity index (χ0) is 16.6. The Hall–Kier alpha value is -1.40. The van der Waals surface area contributed by atoms with Crippen LogP contribution in [0.4, 0.5) is 0 Å². The van der Waals surface area contributed by atoms with Crippen LogP contribution in [-0.2, 0) is 14.4 Å². The van der Waals surface area contributed by atoms with Crippen LogP contribution in [0.1, 0.15) is 25.7 Å². The fraction of sp³-hybridized carbons (Fsp3) is 0.438. The van der Waals surface area contributed by atoms with Crippen molar-refractivity contribution in [2.75, 3.05) is 6.54 Å². The van der Waals surface area contributed by atoms with Crippen molar-refractivity contribution < 1.29 is 19.1 Å². The highest BCUT2D eigenvalue weighted by Gasteiger charge is 2.48. The van der Waals surface area contributed by atoms with Crippen LogP contribution in [0.5, 0.6) is 5.75 Å². The van der Waals surface area contributed by atoms with Crippen LogP contribution in [0.15, 0.2) is 22.7 Å². The number of amides is 2. The van der Waals surface area contributed by atoms with Crippen molar-refractivity contribution in [1.82, 2.24) is 4.90 Å². The summed E-state index contributed by atoms with van der Waals surface area (Å²) in [5.41, 5.74) is 0. The van der Waals surface area contributed by atoms with Crippen molar-refractivity contribution >= 4 is 45.3 Å². The number of ether oxygens (including phenoxy) is 1. The molecule has 0 radical (unpaired) electrons. The van der Waals surface area contributed by atoms with Crippen LogP contribution in [0.2, 0.25) is 5.02 Å². The second-order valence-electron chi connectivity index (χ2n) is 5.81. The monoisotopic (exact) mass is 399 g/mol. The molecule has 7 heteroatoms. The van der Waals surface area contributed by atoms with Crippen molar-refractivity contribution in [2.45, 2.75) is 25.7 Å². The first kappa shape index (κ1) is 16.5. The molecule has 0 bridgehead atoms. The van der Waals surface area contributed by atoms with Crippen LogP contribution in [0.25, 0.3) is 0 Å². The number of imide groups is 1. The van der Waals surface area contributed by atoms with Crippen LogP contribution in [0, 0.1) is 11.8 Å². The molecule has 0 aromatic heterocycles. The van der Waals surface area contributed by atoms with Gasteiger partial charge >= 0.3 is 5.97 Å². The second-order valence-corrected chi connectivity index (χ2v) is 7.10. The number of carbonyl (C=O) groups excluding carboxylic acids is 3. The molecular formula is C16H15BrClNO4. The van der Waals surface area contributed by atoms with Gasteiger partial charge in [-0.05, 0) is 47.0 Å². The van der Waals surface area contributed by atoms with E-state index in [9.17, 15) is 14.4 Å². The van der Waals surface area contributed by atoms with Crippen LogP contribution >= 0.6 is 27.5 Å². The van der Waals surface area contributed by atoms with Gasteiger partial charge in [0.1, 0.15) is 12.3 Å². The van der Waals surface area contributed by atoms with Gasteiger partial charge in [-0.2, -0.15) is 0 Å². The van der Waals surface area contributed by atoms with E-state index in [1.165, 1.54) is 0 Å². The van der Waals surface area contributed by atoms with Crippen LogP contribution < -0.4 is 4.74 Å². The van der Waals surface area contributed by atoms with Gasteiger partial charge in [0.2, 0.25) is 11.8 Å². The topological polar surface area (TPSA) is 63.7 Å². The van der Waals surface area contributed by atoms with Gasteiger partial charge in [0.25, 0.3) is 0 Å². The largest absolute Gasteiger partial charge is 0.424 e. The number of halogens is 2. The average Bonchev–Trinajstić information content (AvgIpc) is 2.76. The first-order valence-electron chi connectivity index (χ1n) is 7.48. The van der Waals surface area contributed by atoms with Crippen molar-refractivity contribution in [2.24, 2.45) is 11.8 Å². The SMILES string of the molecule is O=C(CN1C(=O)C2CCCCC2C1=O)Oc1ccc(Cl)cc1Br. The van der Waals surface area contributed by atoms with Gasteiger partial charge in [-0.25, -0.2) is 4.79 Å². The molecule has 1 aromatic carbocycles. The summed E-state index contributed by atoms with van der Waals surface area (Å²) in [7, 11) is 0. The molecule has 1 aliphatic heterocycles. The van der Waals surface area contributed by atoms with Gasteiger partial charge in [-0.15, -0.1) is 0 Å². The molecule has 5 nitrogen and oxygen atoms in total. The summed E-state index contributed by atoms with van der Waals surface area (Å²) in [5, 5.41) is 0.505.